The van der Waals surface area contributed by atoms with Crippen molar-refractivity contribution in [2.24, 2.45) is 11.7 Å². The highest BCUT2D eigenvalue weighted by Crippen LogP contribution is 2.30. The van der Waals surface area contributed by atoms with Gasteiger partial charge < -0.3 is 5.73 Å². The summed E-state index contributed by atoms with van der Waals surface area (Å²) in [7, 11) is 0. The average molecular weight is 236 g/mol. The first-order chi connectivity index (χ1) is 8.22. The largest absolute Gasteiger partial charge is 0.326 e. The molecule has 1 fully saturated rings. The van der Waals surface area contributed by atoms with Gasteiger partial charge in [0.1, 0.15) is 5.82 Å². The Balaban J connectivity index is 2.00. The highest BCUT2D eigenvalue weighted by atomic mass is 19.1. The maximum atomic E-state index is 13.8. The second-order valence-corrected chi connectivity index (χ2v) is 4.90. The number of benzene rings is 1. The van der Waals surface area contributed by atoms with Crippen molar-refractivity contribution in [3.8, 4) is 0 Å². The molecule has 1 saturated carbocycles. The van der Waals surface area contributed by atoms with Gasteiger partial charge in [-0.25, -0.2) is 4.39 Å². The Bertz CT molecular complexity index is 374. The van der Waals surface area contributed by atoms with Crippen LogP contribution in [0.3, 0.4) is 0 Å². The third kappa shape index (κ3) is 3.51. The van der Waals surface area contributed by atoms with Crippen LogP contribution >= 0.6 is 0 Å². The van der Waals surface area contributed by atoms with Crippen LogP contribution in [0.15, 0.2) is 18.2 Å². The molecule has 3 heteroatoms. The molecule has 2 N–H and O–H groups in total. The van der Waals surface area contributed by atoms with E-state index in [2.05, 4.69) is 11.8 Å². The van der Waals surface area contributed by atoms with E-state index in [4.69, 9.17) is 5.73 Å². The molecule has 0 unspecified atom stereocenters. The molecule has 2 nitrogen and oxygen atoms in total. The standard InChI is InChI=1S/C14H21FN2/c1-2-17(9-11-3-4-11)10-13-6-5-12(8-16)7-14(13)15/h5-7,11H,2-4,8-10,16H2,1H3. The fourth-order valence-electron chi connectivity index (χ4n) is 2.06. The SMILES string of the molecule is CCN(Cc1ccc(CN)cc1F)CC1CC1. The van der Waals surface area contributed by atoms with E-state index in [1.54, 1.807) is 6.07 Å². The van der Waals surface area contributed by atoms with Crippen molar-refractivity contribution in [3.05, 3.63) is 35.1 Å². The van der Waals surface area contributed by atoms with E-state index in [9.17, 15) is 4.39 Å². The zero-order valence-electron chi connectivity index (χ0n) is 10.5. The summed E-state index contributed by atoms with van der Waals surface area (Å²) in [5.74, 6) is 0.725. The normalized spacial score (nSPS) is 15.5. The van der Waals surface area contributed by atoms with Gasteiger partial charge in [0.05, 0.1) is 0 Å². The first-order valence-corrected chi connectivity index (χ1v) is 6.42. The quantitative estimate of drug-likeness (QED) is 0.822. The van der Waals surface area contributed by atoms with Gasteiger partial charge in [-0.15, -0.1) is 0 Å². The molecule has 0 saturated heterocycles. The molecule has 94 valence electrons. The molecule has 1 aliphatic carbocycles. The fraction of sp³-hybridized carbons (Fsp3) is 0.571. The zero-order valence-corrected chi connectivity index (χ0v) is 10.5. The van der Waals surface area contributed by atoms with E-state index >= 15 is 0 Å². The minimum absolute atomic E-state index is 0.123. The molecule has 0 radical (unpaired) electrons. The van der Waals surface area contributed by atoms with Gasteiger partial charge in [-0.3, -0.25) is 4.90 Å². The topological polar surface area (TPSA) is 29.3 Å². The molecule has 0 atom stereocenters. The van der Waals surface area contributed by atoms with Crippen LogP contribution < -0.4 is 5.73 Å². The average Bonchev–Trinajstić information content (AvgIpc) is 3.14. The van der Waals surface area contributed by atoms with Gasteiger partial charge in [0.25, 0.3) is 0 Å². The van der Waals surface area contributed by atoms with Crippen molar-refractivity contribution in [1.29, 1.82) is 0 Å². The second kappa shape index (κ2) is 5.61. The fourth-order valence-corrected chi connectivity index (χ4v) is 2.06. The number of nitrogens with two attached hydrogens (primary N) is 1. The Hall–Kier alpha value is -0.930. The molecule has 1 aromatic carbocycles. The minimum atomic E-state index is -0.123. The van der Waals surface area contributed by atoms with Gasteiger partial charge in [0.2, 0.25) is 0 Å². The Morgan fingerprint density at radius 3 is 2.71 bits per heavy atom. The molecule has 0 spiro atoms. The summed E-state index contributed by atoms with van der Waals surface area (Å²) in [6, 6.07) is 5.34. The molecule has 0 amide bonds. The van der Waals surface area contributed by atoms with Crippen LogP contribution in [-0.2, 0) is 13.1 Å². The highest BCUT2D eigenvalue weighted by molar-refractivity contribution is 5.24. The van der Waals surface area contributed by atoms with Crippen LogP contribution in [0.1, 0.15) is 30.9 Å². The Labute approximate surface area is 103 Å². The maximum absolute atomic E-state index is 13.8. The van der Waals surface area contributed by atoms with Gasteiger partial charge in [0, 0.05) is 25.2 Å². The third-order valence-corrected chi connectivity index (χ3v) is 3.41. The van der Waals surface area contributed by atoms with Crippen molar-refractivity contribution < 1.29 is 4.39 Å². The lowest BCUT2D eigenvalue weighted by atomic mass is 10.1. The summed E-state index contributed by atoms with van der Waals surface area (Å²) >= 11 is 0. The van der Waals surface area contributed by atoms with Crippen LogP contribution in [-0.4, -0.2) is 18.0 Å². The van der Waals surface area contributed by atoms with Crippen molar-refractivity contribution >= 4 is 0 Å². The predicted molar refractivity (Wildman–Crippen MR) is 68.0 cm³/mol. The van der Waals surface area contributed by atoms with Crippen LogP contribution in [0.5, 0.6) is 0 Å². The van der Waals surface area contributed by atoms with Gasteiger partial charge >= 0.3 is 0 Å². The van der Waals surface area contributed by atoms with Gasteiger partial charge in [-0.1, -0.05) is 19.1 Å². The van der Waals surface area contributed by atoms with Crippen LogP contribution in [0, 0.1) is 11.7 Å². The van der Waals surface area contributed by atoms with Gasteiger partial charge in [-0.05, 0) is 36.9 Å². The smallest absolute Gasteiger partial charge is 0.128 e. The lowest BCUT2D eigenvalue weighted by Crippen LogP contribution is -2.25. The second-order valence-electron chi connectivity index (χ2n) is 4.90. The summed E-state index contributed by atoms with van der Waals surface area (Å²) in [5.41, 5.74) is 7.13. The van der Waals surface area contributed by atoms with E-state index in [1.165, 1.54) is 12.8 Å². The van der Waals surface area contributed by atoms with Crippen molar-refractivity contribution in [1.82, 2.24) is 4.90 Å². The number of nitrogens with zero attached hydrogens (tertiary/aromatic N) is 1. The highest BCUT2D eigenvalue weighted by Gasteiger charge is 2.23. The predicted octanol–water partition coefficient (Wildman–Crippen LogP) is 2.52. The number of hydrogen-bond acceptors (Lipinski definition) is 2. The molecule has 0 bridgehead atoms. The van der Waals surface area contributed by atoms with E-state index in [-0.39, 0.29) is 5.82 Å². The van der Waals surface area contributed by atoms with E-state index in [0.29, 0.717) is 13.1 Å². The summed E-state index contributed by atoms with van der Waals surface area (Å²) in [4.78, 5) is 2.32. The van der Waals surface area contributed by atoms with Gasteiger partial charge in [-0.2, -0.15) is 0 Å². The third-order valence-electron chi connectivity index (χ3n) is 3.41. The molecule has 0 heterocycles. The van der Waals surface area contributed by atoms with Crippen molar-refractivity contribution in [2.75, 3.05) is 13.1 Å². The Kier molecular flexibility index (Phi) is 4.13. The summed E-state index contributed by atoms with van der Waals surface area (Å²) < 4.78 is 13.8. The zero-order chi connectivity index (χ0) is 12.3. The first-order valence-electron chi connectivity index (χ1n) is 6.42. The molecule has 1 aliphatic rings. The van der Waals surface area contributed by atoms with Crippen molar-refractivity contribution in [2.45, 2.75) is 32.9 Å². The first kappa shape index (κ1) is 12.5. The molecule has 0 aromatic heterocycles. The molecule has 0 aliphatic heterocycles. The Morgan fingerprint density at radius 1 is 1.41 bits per heavy atom. The van der Waals surface area contributed by atoms with Crippen molar-refractivity contribution in [3.63, 3.8) is 0 Å². The number of halogens is 1. The number of hydrogen-bond donors (Lipinski definition) is 1. The van der Waals surface area contributed by atoms with Crippen LogP contribution in [0.2, 0.25) is 0 Å². The molecular formula is C14H21FN2. The number of rotatable bonds is 6. The van der Waals surface area contributed by atoms with E-state index < -0.39 is 0 Å². The lowest BCUT2D eigenvalue weighted by molar-refractivity contribution is 0.264. The summed E-state index contributed by atoms with van der Waals surface area (Å²) in [5, 5.41) is 0. The minimum Gasteiger partial charge on any atom is -0.326 e. The van der Waals surface area contributed by atoms with Crippen LogP contribution in [0.4, 0.5) is 4.39 Å². The Morgan fingerprint density at radius 2 is 2.18 bits per heavy atom. The molecule has 2 rings (SSSR count). The molecule has 17 heavy (non-hydrogen) atoms. The summed E-state index contributed by atoms with van der Waals surface area (Å²) in [6.45, 7) is 5.33. The van der Waals surface area contributed by atoms with E-state index in [1.807, 2.05) is 12.1 Å². The maximum Gasteiger partial charge on any atom is 0.128 e. The lowest BCUT2D eigenvalue weighted by Gasteiger charge is -2.20. The summed E-state index contributed by atoms with van der Waals surface area (Å²) in [6.07, 6.45) is 2.68. The monoisotopic (exact) mass is 236 g/mol. The van der Waals surface area contributed by atoms with Gasteiger partial charge in [0.15, 0.2) is 0 Å². The van der Waals surface area contributed by atoms with E-state index in [0.717, 1.165) is 30.1 Å². The molecular weight excluding hydrogens is 215 g/mol. The molecule has 1 aromatic rings. The van der Waals surface area contributed by atoms with Crippen LogP contribution in [0.25, 0.3) is 0 Å².